The Labute approximate surface area is 186 Å². The van der Waals surface area contributed by atoms with E-state index in [1.54, 1.807) is 0 Å². The monoisotopic (exact) mass is 436 g/mol. The van der Waals surface area contributed by atoms with E-state index in [0.717, 1.165) is 48.4 Å². The van der Waals surface area contributed by atoms with Gasteiger partial charge in [0.15, 0.2) is 5.54 Å². The molecule has 2 heterocycles. The number of hydrogen-bond donors (Lipinski definition) is 3. The van der Waals surface area contributed by atoms with Crippen molar-refractivity contribution in [2.45, 2.75) is 62.8 Å². The lowest BCUT2D eigenvalue weighted by Crippen LogP contribution is -2.62. The van der Waals surface area contributed by atoms with E-state index in [9.17, 15) is 24.6 Å². The van der Waals surface area contributed by atoms with E-state index in [4.69, 9.17) is 0 Å². The maximum absolute atomic E-state index is 13.7. The number of nitrogens with zero attached hydrogens (tertiary/aromatic N) is 1. The molecule has 0 spiro atoms. The summed E-state index contributed by atoms with van der Waals surface area (Å²) in [6.07, 6.45) is 3.10. The van der Waals surface area contributed by atoms with E-state index in [1.165, 1.54) is 11.8 Å². The van der Waals surface area contributed by atoms with Crippen LogP contribution in [0.4, 0.5) is 0 Å². The molecule has 2 aliphatic heterocycles. The van der Waals surface area contributed by atoms with Crippen LogP contribution in [-0.4, -0.2) is 50.6 Å². The van der Waals surface area contributed by atoms with E-state index in [2.05, 4.69) is 5.32 Å². The minimum Gasteiger partial charge on any atom is -0.480 e. The van der Waals surface area contributed by atoms with Gasteiger partial charge in [-0.1, -0.05) is 61.7 Å². The van der Waals surface area contributed by atoms with Crippen molar-refractivity contribution in [3.05, 3.63) is 48.0 Å². The predicted octanol–water partition coefficient (Wildman–Crippen LogP) is 2.62. The van der Waals surface area contributed by atoms with Crippen molar-refractivity contribution in [3.63, 3.8) is 0 Å². The smallest absolute Gasteiger partial charge is 0.327 e. The topological polar surface area (TPSA) is 107 Å². The molecule has 1 saturated carbocycles. The lowest BCUT2D eigenvalue weighted by Gasteiger charge is -2.36. The number of benzene rings is 2. The average molecular weight is 437 g/mol. The van der Waals surface area contributed by atoms with Crippen LogP contribution >= 0.6 is 0 Å². The zero-order valence-electron chi connectivity index (χ0n) is 18.0. The molecule has 0 radical (unpaired) electrons. The Hall–Kier alpha value is -2.77. The maximum atomic E-state index is 13.7. The molecule has 0 bridgehead atoms. The van der Waals surface area contributed by atoms with Crippen molar-refractivity contribution in [1.29, 1.82) is 0 Å². The van der Waals surface area contributed by atoms with E-state index < -0.39 is 41.4 Å². The van der Waals surface area contributed by atoms with Gasteiger partial charge in [-0.05, 0) is 36.1 Å². The summed E-state index contributed by atoms with van der Waals surface area (Å²) in [5, 5.41) is 25.9. The number of aliphatic hydroxyl groups is 1. The number of likely N-dealkylation sites (tertiary alicyclic amines) is 1. The molecule has 2 saturated heterocycles. The number of rotatable bonds is 4. The van der Waals surface area contributed by atoms with Gasteiger partial charge in [0.05, 0.1) is 17.9 Å². The van der Waals surface area contributed by atoms with Gasteiger partial charge in [-0.15, -0.1) is 0 Å². The van der Waals surface area contributed by atoms with Gasteiger partial charge >= 0.3 is 5.97 Å². The van der Waals surface area contributed by atoms with Crippen LogP contribution in [0, 0.1) is 11.8 Å². The van der Waals surface area contributed by atoms with Crippen LogP contribution in [0.3, 0.4) is 0 Å². The number of aliphatic hydroxyl groups excluding tert-OH is 1. The minimum absolute atomic E-state index is 0.192. The highest BCUT2D eigenvalue weighted by Gasteiger charge is 2.70. The van der Waals surface area contributed by atoms with Gasteiger partial charge in [0.2, 0.25) is 11.8 Å². The van der Waals surface area contributed by atoms with Crippen LogP contribution in [0.5, 0.6) is 0 Å². The summed E-state index contributed by atoms with van der Waals surface area (Å²) in [5.41, 5.74) is -1.16. The summed E-state index contributed by atoms with van der Waals surface area (Å²) in [5.74, 6) is -4.12. The fourth-order valence-electron chi connectivity index (χ4n) is 6.21. The number of aliphatic carboxylic acids is 1. The number of carbonyl (C=O) groups excluding carboxylic acids is 2. The summed E-state index contributed by atoms with van der Waals surface area (Å²) in [6, 6.07) is 12.5. The quantitative estimate of drug-likeness (QED) is 0.636. The number of carboxylic acid groups (broad SMARTS) is 1. The van der Waals surface area contributed by atoms with Gasteiger partial charge in [-0.2, -0.15) is 0 Å². The molecule has 3 N–H and O–H groups in total. The summed E-state index contributed by atoms with van der Waals surface area (Å²) in [7, 11) is 0. The Bertz CT molecular complexity index is 1090. The maximum Gasteiger partial charge on any atom is 0.327 e. The number of hydrogen-bond acceptors (Lipinski definition) is 5. The fourth-order valence-corrected chi connectivity index (χ4v) is 6.21. The number of carbonyl (C=O) groups is 3. The van der Waals surface area contributed by atoms with Crippen LogP contribution in [-0.2, 0) is 14.4 Å². The lowest BCUT2D eigenvalue weighted by atomic mass is 9.76. The van der Waals surface area contributed by atoms with Crippen molar-refractivity contribution >= 4 is 28.6 Å². The second-order valence-corrected chi connectivity index (χ2v) is 9.38. The number of fused-ring (bicyclic) bond motifs is 2. The zero-order valence-corrected chi connectivity index (χ0v) is 18.0. The molecule has 2 amide bonds. The molecule has 32 heavy (non-hydrogen) atoms. The SMILES string of the molecule is CC(O)C1(C(=O)O)NC(c2cccc3ccccc23)C2C(=O)N(C3CCCCC3)C(=O)C21. The minimum atomic E-state index is -1.93. The molecule has 0 aromatic heterocycles. The van der Waals surface area contributed by atoms with Crippen LogP contribution in [0.25, 0.3) is 10.8 Å². The second-order valence-electron chi connectivity index (χ2n) is 9.38. The molecule has 5 rings (SSSR count). The van der Waals surface area contributed by atoms with Crippen molar-refractivity contribution in [2.75, 3.05) is 0 Å². The second kappa shape index (κ2) is 7.67. The van der Waals surface area contributed by atoms with E-state index in [-0.39, 0.29) is 11.9 Å². The van der Waals surface area contributed by atoms with Crippen LogP contribution in [0.2, 0.25) is 0 Å². The van der Waals surface area contributed by atoms with Crippen LogP contribution < -0.4 is 5.32 Å². The van der Waals surface area contributed by atoms with E-state index >= 15 is 0 Å². The molecule has 5 unspecified atom stereocenters. The third kappa shape index (κ3) is 2.84. The summed E-state index contributed by atoms with van der Waals surface area (Å²) < 4.78 is 0. The molecule has 7 heteroatoms. The lowest BCUT2D eigenvalue weighted by molar-refractivity contribution is -0.157. The normalized spacial score (nSPS) is 31.8. The van der Waals surface area contributed by atoms with Crippen LogP contribution in [0.15, 0.2) is 42.5 Å². The zero-order chi connectivity index (χ0) is 22.6. The number of imide groups is 1. The Morgan fingerprint density at radius 3 is 2.44 bits per heavy atom. The van der Waals surface area contributed by atoms with E-state index in [0.29, 0.717) is 0 Å². The average Bonchev–Trinajstić information content (AvgIpc) is 3.28. The van der Waals surface area contributed by atoms with Crippen molar-refractivity contribution in [3.8, 4) is 0 Å². The standard InChI is InChI=1S/C25H28N2O5/c1-14(28)25(24(31)32)20-19(22(29)27(23(20)30)16-10-3-2-4-11-16)21(26-25)18-13-7-9-15-8-5-6-12-17(15)18/h5-9,12-14,16,19-21,26,28H,2-4,10-11H2,1H3,(H,31,32). The molecule has 3 aliphatic rings. The highest BCUT2D eigenvalue weighted by molar-refractivity contribution is 6.10. The van der Waals surface area contributed by atoms with Gasteiger partial charge in [0.1, 0.15) is 0 Å². The van der Waals surface area contributed by atoms with Crippen molar-refractivity contribution < 1.29 is 24.6 Å². The van der Waals surface area contributed by atoms with Gasteiger partial charge in [0.25, 0.3) is 0 Å². The first-order valence-electron chi connectivity index (χ1n) is 11.4. The number of nitrogens with one attached hydrogen (secondary N) is 1. The Morgan fingerprint density at radius 2 is 1.75 bits per heavy atom. The predicted molar refractivity (Wildman–Crippen MR) is 118 cm³/mol. The largest absolute Gasteiger partial charge is 0.480 e. The molecular formula is C25H28N2O5. The molecule has 2 aromatic rings. The first-order chi connectivity index (χ1) is 15.4. The van der Waals surface area contributed by atoms with Gasteiger partial charge in [-0.3, -0.25) is 24.6 Å². The molecule has 2 aromatic carbocycles. The van der Waals surface area contributed by atoms with Crippen molar-refractivity contribution in [1.82, 2.24) is 10.2 Å². The summed E-state index contributed by atoms with van der Waals surface area (Å²) in [4.78, 5) is 41.3. The first kappa shape index (κ1) is 21.1. The van der Waals surface area contributed by atoms with Gasteiger partial charge in [-0.25, -0.2) is 0 Å². The van der Waals surface area contributed by atoms with Gasteiger partial charge in [0, 0.05) is 12.1 Å². The van der Waals surface area contributed by atoms with Crippen LogP contribution in [0.1, 0.15) is 50.6 Å². The molecule has 3 fully saturated rings. The Morgan fingerprint density at radius 1 is 1.06 bits per heavy atom. The third-order valence-corrected chi connectivity index (χ3v) is 7.74. The number of amides is 2. The third-order valence-electron chi connectivity index (χ3n) is 7.74. The summed E-state index contributed by atoms with van der Waals surface area (Å²) >= 11 is 0. The van der Waals surface area contributed by atoms with Gasteiger partial charge < -0.3 is 10.2 Å². The molecule has 5 atom stereocenters. The highest BCUT2D eigenvalue weighted by Crippen LogP contribution is 2.52. The Kier molecular flexibility index (Phi) is 5.06. The van der Waals surface area contributed by atoms with Crippen molar-refractivity contribution in [2.24, 2.45) is 11.8 Å². The molecule has 1 aliphatic carbocycles. The molecule has 168 valence electrons. The van der Waals surface area contributed by atoms with E-state index in [1.807, 2.05) is 42.5 Å². The highest BCUT2D eigenvalue weighted by atomic mass is 16.4. The number of carboxylic acids is 1. The fraction of sp³-hybridized carbons (Fsp3) is 0.480. The molecular weight excluding hydrogens is 408 g/mol. The summed E-state index contributed by atoms with van der Waals surface area (Å²) in [6.45, 7) is 1.38. The molecule has 7 nitrogen and oxygen atoms in total. The Balaban J connectivity index is 1.67. The first-order valence-corrected chi connectivity index (χ1v) is 11.4.